The molecule has 0 unspecified atom stereocenters. The summed E-state index contributed by atoms with van der Waals surface area (Å²) in [6.45, 7) is 7.31. The third kappa shape index (κ3) is 6.32. The fourth-order valence-electron chi connectivity index (χ4n) is 2.45. The second-order valence-electron chi connectivity index (χ2n) is 7.24. The van der Waals surface area contributed by atoms with Gasteiger partial charge in [-0.3, -0.25) is 4.79 Å². The van der Waals surface area contributed by atoms with E-state index in [2.05, 4.69) is 5.32 Å². The summed E-state index contributed by atoms with van der Waals surface area (Å²) >= 11 is 11.8. The van der Waals surface area contributed by atoms with E-state index in [9.17, 15) is 14.9 Å². The van der Waals surface area contributed by atoms with Gasteiger partial charge in [-0.05, 0) is 39.0 Å². The molecule has 2 rings (SSSR count). The summed E-state index contributed by atoms with van der Waals surface area (Å²) in [4.78, 5) is 27.9. The molecular formula is C19H22Cl2N4O3. The van der Waals surface area contributed by atoms with E-state index in [-0.39, 0.29) is 11.7 Å². The van der Waals surface area contributed by atoms with Crippen LogP contribution in [0, 0.1) is 11.3 Å². The summed E-state index contributed by atoms with van der Waals surface area (Å²) in [5, 5.41) is 12.6. The van der Waals surface area contributed by atoms with Crippen LogP contribution in [-0.2, 0) is 9.53 Å². The van der Waals surface area contributed by atoms with Gasteiger partial charge in [0.15, 0.2) is 0 Å². The number of halogens is 2. The molecule has 0 radical (unpaired) electrons. The molecule has 1 fully saturated rings. The molecular weight excluding hydrogens is 403 g/mol. The smallest absolute Gasteiger partial charge is 0.410 e. The molecule has 9 heteroatoms. The van der Waals surface area contributed by atoms with Crippen molar-refractivity contribution in [2.24, 2.45) is 0 Å². The van der Waals surface area contributed by atoms with Crippen molar-refractivity contribution in [3.8, 4) is 6.07 Å². The monoisotopic (exact) mass is 424 g/mol. The Balaban J connectivity index is 1.96. The molecule has 0 atom stereocenters. The molecule has 1 N–H and O–H groups in total. The van der Waals surface area contributed by atoms with Gasteiger partial charge in [0.2, 0.25) is 0 Å². The van der Waals surface area contributed by atoms with E-state index < -0.39 is 11.5 Å². The number of hydrogen-bond donors (Lipinski definition) is 1. The minimum Gasteiger partial charge on any atom is -0.444 e. The Labute approximate surface area is 174 Å². The first-order valence-electron chi connectivity index (χ1n) is 8.69. The third-order valence-electron chi connectivity index (χ3n) is 3.82. The van der Waals surface area contributed by atoms with Crippen molar-refractivity contribution in [2.75, 3.05) is 31.5 Å². The van der Waals surface area contributed by atoms with Crippen molar-refractivity contribution in [1.29, 1.82) is 5.26 Å². The molecule has 28 heavy (non-hydrogen) atoms. The van der Waals surface area contributed by atoms with Crippen LogP contribution in [0.5, 0.6) is 0 Å². The average Bonchev–Trinajstić information content (AvgIpc) is 2.61. The van der Waals surface area contributed by atoms with Crippen LogP contribution in [0.2, 0.25) is 10.0 Å². The molecule has 0 aromatic heterocycles. The Bertz CT molecular complexity index is 819. The predicted molar refractivity (Wildman–Crippen MR) is 108 cm³/mol. The van der Waals surface area contributed by atoms with Crippen molar-refractivity contribution in [1.82, 2.24) is 9.80 Å². The lowest BCUT2D eigenvalue weighted by molar-refractivity contribution is -0.112. The summed E-state index contributed by atoms with van der Waals surface area (Å²) in [6.07, 6.45) is 1.13. The Morgan fingerprint density at radius 1 is 1.18 bits per heavy atom. The molecule has 0 saturated carbocycles. The van der Waals surface area contributed by atoms with Gasteiger partial charge in [0.1, 0.15) is 17.2 Å². The van der Waals surface area contributed by atoms with Crippen LogP contribution in [0.4, 0.5) is 10.5 Å². The Morgan fingerprint density at radius 3 is 2.36 bits per heavy atom. The Kier molecular flexibility index (Phi) is 7.17. The summed E-state index contributed by atoms with van der Waals surface area (Å²) in [5.74, 6) is -0.546. The molecule has 1 saturated heterocycles. The van der Waals surface area contributed by atoms with Crippen LogP contribution in [0.15, 0.2) is 30.0 Å². The van der Waals surface area contributed by atoms with Crippen molar-refractivity contribution in [2.45, 2.75) is 26.4 Å². The third-order valence-corrected chi connectivity index (χ3v) is 4.56. The molecule has 1 aromatic rings. The number of benzene rings is 1. The van der Waals surface area contributed by atoms with E-state index >= 15 is 0 Å². The fraction of sp³-hybridized carbons (Fsp3) is 0.421. The predicted octanol–water partition coefficient (Wildman–Crippen LogP) is 3.89. The number of nitrogens with one attached hydrogen (secondary N) is 1. The first-order chi connectivity index (χ1) is 13.1. The fourth-order valence-corrected chi connectivity index (χ4v) is 2.75. The number of piperazine rings is 1. The van der Waals surface area contributed by atoms with E-state index in [0.29, 0.717) is 41.9 Å². The zero-order valence-corrected chi connectivity index (χ0v) is 17.5. The number of hydrogen-bond acceptors (Lipinski definition) is 5. The molecule has 2 amide bonds. The van der Waals surface area contributed by atoms with Gasteiger partial charge in [0, 0.05) is 38.1 Å². The largest absolute Gasteiger partial charge is 0.444 e. The van der Waals surface area contributed by atoms with Crippen LogP contribution < -0.4 is 5.32 Å². The zero-order valence-electron chi connectivity index (χ0n) is 16.0. The second kappa shape index (κ2) is 9.18. The highest BCUT2D eigenvalue weighted by Gasteiger charge is 2.25. The minimum atomic E-state index is -0.551. The van der Waals surface area contributed by atoms with Crippen LogP contribution >= 0.6 is 23.2 Å². The summed E-state index contributed by atoms with van der Waals surface area (Å²) in [6, 6.07) is 6.57. The van der Waals surface area contributed by atoms with Gasteiger partial charge in [-0.15, -0.1) is 0 Å². The van der Waals surface area contributed by atoms with E-state index in [0.717, 1.165) is 0 Å². The van der Waals surface area contributed by atoms with Crippen LogP contribution in [0.1, 0.15) is 20.8 Å². The van der Waals surface area contributed by atoms with Crippen molar-refractivity contribution in [3.05, 3.63) is 40.0 Å². The molecule has 1 aliphatic heterocycles. The van der Waals surface area contributed by atoms with Gasteiger partial charge in [0.25, 0.3) is 5.91 Å². The second-order valence-corrected chi connectivity index (χ2v) is 8.06. The molecule has 0 spiro atoms. The Morgan fingerprint density at radius 2 is 1.82 bits per heavy atom. The quantitative estimate of drug-likeness (QED) is 0.587. The standard InChI is InChI=1S/C19H22Cl2N4O3/c1-19(2,3)28-18(27)25-8-6-24(7-9-25)12-13(11-22)17(26)23-14-4-5-15(20)16(21)10-14/h4-5,10,12H,6-9H2,1-3H3,(H,23,26)/b13-12-. The SMILES string of the molecule is CC(C)(C)OC(=O)N1CCN(/C=C(/C#N)C(=O)Nc2ccc(Cl)c(Cl)c2)CC1. The lowest BCUT2D eigenvalue weighted by Gasteiger charge is -2.35. The summed E-state index contributed by atoms with van der Waals surface area (Å²) < 4.78 is 5.35. The van der Waals surface area contributed by atoms with Gasteiger partial charge < -0.3 is 19.9 Å². The van der Waals surface area contributed by atoms with E-state index in [4.69, 9.17) is 27.9 Å². The molecule has 7 nitrogen and oxygen atoms in total. The van der Waals surface area contributed by atoms with E-state index in [1.165, 1.54) is 12.3 Å². The molecule has 1 aliphatic rings. The van der Waals surface area contributed by atoms with Crippen molar-refractivity contribution >= 4 is 40.9 Å². The normalized spacial score (nSPS) is 15.1. The number of carbonyl (C=O) groups excluding carboxylic acids is 2. The molecule has 1 heterocycles. The first kappa shape index (κ1) is 21.9. The maximum absolute atomic E-state index is 12.4. The van der Waals surface area contributed by atoms with Crippen LogP contribution in [0.3, 0.4) is 0 Å². The maximum atomic E-state index is 12.4. The van der Waals surface area contributed by atoms with Crippen molar-refractivity contribution < 1.29 is 14.3 Å². The van der Waals surface area contributed by atoms with E-state index in [1.54, 1.807) is 17.0 Å². The maximum Gasteiger partial charge on any atom is 0.410 e. The van der Waals surface area contributed by atoms with Gasteiger partial charge in [-0.25, -0.2) is 4.79 Å². The number of amides is 2. The molecule has 0 bridgehead atoms. The highest BCUT2D eigenvalue weighted by molar-refractivity contribution is 6.42. The van der Waals surface area contributed by atoms with Gasteiger partial charge in [-0.1, -0.05) is 23.2 Å². The number of rotatable bonds is 3. The van der Waals surface area contributed by atoms with Gasteiger partial charge in [-0.2, -0.15) is 5.26 Å². The summed E-state index contributed by atoms with van der Waals surface area (Å²) in [7, 11) is 0. The highest BCUT2D eigenvalue weighted by atomic mass is 35.5. The molecule has 150 valence electrons. The van der Waals surface area contributed by atoms with Gasteiger partial charge in [0.05, 0.1) is 10.0 Å². The van der Waals surface area contributed by atoms with Crippen LogP contribution in [-0.4, -0.2) is 53.6 Å². The topological polar surface area (TPSA) is 85.7 Å². The number of nitrogens with zero attached hydrogens (tertiary/aromatic N) is 3. The summed E-state index contributed by atoms with van der Waals surface area (Å²) in [5.41, 5.74) is -0.155. The average molecular weight is 425 g/mol. The number of nitriles is 1. The first-order valence-corrected chi connectivity index (χ1v) is 9.45. The minimum absolute atomic E-state index is 0.0446. The van der Waals surface area contributed by atoms with E-state index in [1.807, 2.05) is 31.7 Å². The lowest BCUT2D eigenvalue weighted by Crippen LogP contribution is -2.48. The Hall–Kier alpha value is -2.43. The zero-order chi connectivity index (χ0) is 20.9. The molecule has 0 aliphatic carbocycles. The highest BCUT2D eigenvalue weighted by Crippen LogP contribution is 2.25. The number of anilines is 1. The van der Waals surface area contributed by atoms with Gasteiger partial charge >= 0.3 is 6.09 Å². The number of carbonyl (C=O) groups is 2. The number of ether oxygens (including phenoxy) is 1. The molecule has 1 aromatic carbocycles. The van der Waals surface area contributed by atoms with Crippen LogP contribution in [0.25, 0.3) is 0 Å². The lowest BCUT2D eigenvalue weighted by atomic mass is 10.2. The van der Waals surface area contributed by atoms with Crippen molar-refractivity contribution in [3.63, 3.8) is 0 Å².